The Kier molecular flexibility index (Phi) is 4.43. The van der Waals surface area contributed by atoms with Gasteiger partial charge >= 0.3 is 0 Å². The molecular weight excluding hydrogens is 242 g/mol. The number of amides is 1. The molecule has 106 valence electrons. The van der Waals surface area contributed by atoms with Crippen LogP contribution in [0, 0.1) is 11.3 Å². The third-order valence-electron chi connectivity index (χ3n) is 4.20. The fraction of sp³-hybridized carbons (Fsp3) is 0.857. The van der Waals surface area contributed by atoms with Crippen LogP contribution in [0.4, 0.5) is 0 Å². The van der Waals surface area contributed by atoms with Gasteiger partial charge in [-0.1, -0.05) is 0 Å². The third kappa shape index (κ3) is 3.26. The first kappa shape index (κ1) is 14.3. The summed E-state index contributed by atoms with van der Waals surface area (Å²) in [6.07, 6.45) is 3.48. The molecule has 1 N–H and O–H groups in total. The summed E-state index contributed by atoms with van der Waals surface area (Å²) in [7, 11) is 0. The summed E-state index contributed by atoms with van der Waals surface area (Å²) in [6.45, 7) is 6.52. The van der Waals surface area contributed by atoms with Gasteiger partial charge in [-0.05, 0) is 33.1 Å². The molecule has 0 aromatic rings. The molecule has 2 saturated heterocycles. The average Bonchev–Trinajstić information content (AvgIpc) is 2.82. The van der Waals surface area contributed by atoms with Gasteiger partial charge in [-0.2, -0.15) is 5.26 Å². The number of nitrogens with one attached hydrogen (secondary N) is 1. The highest BCUT2D eigenvalue weighted by Crippen LogP contribution is 2.27. The molecule has 0 bridgehead atoms. The molecule has 19 heavy (non-hydrogen) atoms. The summed E-state index contributed by atoms with van der Waals surface area (Å²) >= 11 is 0. The van der Waals surface area contributed by atoms with Crippen LogP contribution in [0.5, 0.6) is 0 Å². The Bertz CT molecular complexity index is 369. The standard InChI is InChI=1S/C14H23N3O2/c1-14(2)6-8-16-13(18)12(5-7-15)17(14)10-11-4-3-9-19-11/h11-12H,3-6,8-10H2,1-2H3,(H,16,18). The molecule has 2 rings (SSSR count). The Labute approximate surface area is 114 Å². The molecule has 2 heterocycles. The van der Waals surface area contributed by atoms with Crippen LogP contribution in [0.15, 0.2) is 0 Å². The lowest BCUT2D eigenvalue weighted by molar-refractivity contribution is -0.127. The van der Waals surface area contributed by atoms with Crippen molar-refractivity contribution in [1.29, 1.82) is 5.26 Å². The SMILES string of the molecule is CC1(C)CCNC(=O)C(CC#N)N1CC1CCCO1. The first-order valence-corrected chi connectivity index (χ1v) is 7.07. The van der Waals surface area contributed by atoms with Crippen molar-refractivity contribution in [1.82, 2.24) is 10.2 Å². The van der Waals surface area contributed by atoms with Gasteiger partial charge in [0.1, 0.15) is 6.04 Å². The van der Waals surface area contributed by atoms with E-state index in [0.29, 0.717) is 6.54 Å². The Morgan fingerprint density at radius 3 is 3.00 bits per heavy atom. The minimum atomic E-state index is -0.355. The third-order valence-corrected chi connectivity index (χ3v) is 4.20. The van der Waals surface area contributed by atoms with Gasteiger partial charge in [0.15, 0.2) is 0 Å². The molecule has 2 fully saturated rings. The van der Waals surface area contributed by atoms with E-state index >= 15 is 0 Å². The Morgan fingerprint density at radius 2 is 2.37 bits per heavy atom. The van der Waals surface area contributed by atoms with Gasteiger partial charge in [-0.3, -0.25) is 9.69 Å². The molecule has 0 saturated carbocycles. The van der Waals surface area contributed by atoms with Gasteiger partial charge in [-0.25, -0.2) is 0 Å². The van der Waals surface area contributed by atoms with Crippen LogP contribution >= 0.6 is 0 Å². The number of carbonyl (C=O) groups excluding carboxylic acids is 1. The van der Waals surface area contributed by atoms with Crippen molar-refractivity contribution in [3.05, 3.63) is 0 Å². The van der Waals surface area contributed by atoms with E-state index in [1.165, 1.54) is 0 Å². The van der Waals surface area contributed by atoms with Gasteiger partial charge in [0.25, 0.3) is 0 Å². The van der Waals surface area contributed by atoms with Crippen molar-refractivity contribution in [2.45, 2.75) is 57.2 Å². The van der Waals surface area contributed by atoms with Crippen molar-refractivity contribution in [2.75, 3.05) is 19.7 Å². The number of hydrogen-bond acceptors (Lipinski definition) is 4. The molecule has 5 nitrogen and oxygen atoms in total. The summed E-state index contributed by atoms with van der Waals surface area (Å²) in [5, 5.41) is 11.9. The van der Waals surface area contributed by atoms with Gasteiger partial charge < -0.3 is 10.1 Å². The topological polar surface area (TPSA) is 65.4 Å². The summed E-state index contributed by atoms with van der Waals surface area (Å²) in [5.41, 5.74) is -0.0906. The van der Waals surface area contributed by atoms with E-state index in [-0.39, 0.29) is 30.0 Å². The molecule has 2 atom stereocenters. The quantitative estimate of drug-likeness (QED) is 0.828. The second-order valence-electron chi connectivity index (χ2n) is 6.02. The first-order chi connectivity index (χ1) is 9.04. The maximum absolute atomic E-state index is 12.1. The highest BCUT2D eigenvalue weighted by atomic mass is 16.5. The number of hydrogen-bond donors (Lipinski definition) is 1. The van der Waals surface area contributed by atoms with Gasteiger partial charge in [0, 0.05) is 25.2 Å². The van der Waals surface area contributed by atoms with E-state index in [4.69, 9.17) is 10.00 Å². The lowest BCUT2D eigenvalue weighted by Crippen LogP contribution is -2.54. The normalized spacial score (nSPS) is 31.5. The minimum absolute atomic E-state index is 0.0230. The molecule has 1 amide bonds. The smallest absolute Gasteiger partial charge is 0.238 e. The molecular formula is C14H23N3O2. The molecule has 0 radical (unpaired) electrons. The predicted molar refractivity (Wildman–Crippen MR) is 71.4 cm³/mol. The van der Waals surface area contributed by atoms with Crippen LogP contribution in [0.1, 0.15) is 39.5 Å². The lowest BCUT2D eigenvalue weighted by atomic mass is 9.95. The average molecular weight is 265 g/mol. The Hall–Kier alpha value is -1.12. The predicted octanol–water partition coefficient (Wildman–Crippen LogP) is 1.05. The highest BCUT2D eigenvalue weighted by Gasteiger charge is 2.40. The van der Waals surface area contributed by atoms with Crippen LogP contribution in [0.3, 0.4) is 0 Å². The molecule has 0 aliphatic carbocycles. The zero-order valence-electron chi connectivity index (χ0n) is 11.8. The molecule has 5 heteroatoms. The number of carbonyl (C=O) groups is 1. The van der Waals surface area contributed by atoms with E-state index < -0.39 is 0 Å². The zero-order valence-corrected chi connectivity index (χ0v) is 11.8. The van der Waals surface area contributed by atoms with E-state index in [9.17, 15) is 4.79 Å². The van der Waals surface area contributed by atoms with E-state index in [0.717, 1.165) is 32.4 Å². The Balaban J connectivity index is 2.17. The van der Waals surface area contributed by atoms with Gasteiger partial charge in [0.2, 0.25) is 5.91 Å². The Morgan fingerprint density at radius 1 is 1.58 bits per heavy atom. The number of ether oxygens (including phenoxy) is 1. The van der Waals surface area contributed by atoms with Gasteiger partial charge in [0.05, 0.1) is 18.6 Å². The summed E-state index contributed by atoms with van der Waals surface area (Å²) in [4.78, 5) is 14.3. The largest absolute Gasteiger partial charge is 0.377 e. The number of nitrogens with zero attached hydrogens (tertiary/aromatic N) is 2. The van der Waals surface area contributed by atoms with Crippen LogP contribution in [0.25, 0.3) is 0 Å². The maximum atomic E-state index is 12.1. The van der Waals surface area contributed by atoms with Gasteiger partial charge in [-0.15, -0.1) is 0 Å². The van der Waals surface area contributed by atoms with E-state index in [2.05, 4.69) is 30.1 Å². The minimum Gasteiger partial charge on any atom is -0.377 e. The van der Waals surface area contributed by atoms with Crippen molar-refractivity contribution in [3.8, 4) is 6.07 Å². The molecule has 2 aliphatic rings. The summed E-state index contributed by atoms with van der Waals surface area (Å²) in [5.74, 6) is -0.0230. The lowest BCUT2D eigenvalue weighted by Gasteiger charge is -2.41. The number of rotatable bonds is 3. The molecule has 0 aromatic heterocycles. The first-order valence-electron chi connectivity index (χ1n) is 7.07. The second kappa shape index (κ2) is 5.89. The van der Waals surface area contributed by atoms with Crippen LogP contribution in [-0.2, 0) is 9.53 Å². The van der Waals surface area contributed by atoms with Crippen molar-refractivity contribution < 1.29 is 9.53 Å². The molecule has 0 spiro atoms. The second-order valence-corrected chi connectivity index (χ2v) is 6.02. The fourth-order valence-electron chi connectivity index (χ4n) is 2.99. The van der Waals surface area contributed by atoms with Crippen LogP contribution in [-0.4, -0.2) is 48.2 Å². The van der Waals surface area contributed by atoms with E-state index in [1.807, 2.05) is 0 Å². The maximum Gasteiger partial charge on any atom is 0.238 e. The number of nitriles is 1. The highest BCUT2D eigenvalue weighted by molar-refractivity contribution is 5.82. The summed E-state index contributed by atoms with van der Waals surface area (Å²) in [6, 6.07) is 1.79. The molecule has 2 aliphatic heterocycles. The fourth-order valence-corrected chi connectivity index (χ4v) is 2.99. The molecule has 0 aromatic carbocycles. The zero-order chi connectivity index (χ0) is 13.9. The monoisotopic (exact) mass is 265 g/mol. The van der Waals surface area contributed by atoms with Crippen LogP contribution < -0.4 is 5.32 Å². The van der Waals surface area contributed by atoms with Crippen molar-refractivity contribution >= 4 is 5.91 Å². The van der Waals surface area contributed by atoms with Crippen molar-refractivity contribution in [3.63, 3.8) is 0 Å². The van der Waals surface area contributed by atoms with Crippen LogP contribution in [0.2, 0.25) is 0 Å². The van der Waals surface area contributed by atoms with E-state index in [1.54, 1.807) is 0 Å². The summed E-state index contributed by atoms with van der Waals surface area (Å²) < 4.78 is 5.70. The molecule has 2 unspecified atom stereocenters. The van der Waals surface area contributed by atoms with Crippen molar-refractivity contribution in [2.24, 2.45) is 0 Å².